The van der Waals surface area contributed by atoms with Crippen LogP contribution in [0.25, 0.3) is 0 Å². The van der Waals surface area contributed by atoms with E-state index in [-0.39, 0.29) is 5.97 Å². The molecule has 0 N–H and O–H groups in total. The summed E-state index contributed by atoms with van der Waals surface area (Å²) in [6.07, 6.45) is 3.77. The van der Waals surface area contributed by atoms with Gasteiger partial charge in [-0.3, -0.25) is 4.79 Å². The Morgan fingerprint density at radius 1 is 1.67 bits per heavy atom. The normalized spacial score (nSPS) is 15.4. The van der Waals surface area contributed by atoms with Crippen molar-refractivity contribution in [3.05, 3.63) is 12.8 Å². The van der Waals surface area contributed by atoms with Crippen molar-refractivity contribution in [2.75, 3.05) is 6.61 Å². The van der Waals surface area contributed by atoms with E-state index in [1.54, 1.807) is 0 Å². The van der Waals surface area contributed by atoms with Gasteiger partial charge in [-0.15, -0.1) is 0 Å². The first-order valence-electron chi connectivity index (χ1n) is 3.90. The van der Waals surface area contributed by atoms with Gasteiger partial charge in [0, 0.05) is 13.5 Å². The van der Waals surface area contributed by atoms with Gasteiger partial charge in [-0.1, -0.05) is 13.0 Å². The molecule has 68 valence electrons. The van der Waals surface area contributed by atoms with Crippen molar-refractivity contribution < 1.29 is 14.0 Å². The second kappa shape index (κ2) is 8.48. The van der Waals surface area contributed by atoms with Crippen molar-refractivity contribution in [3.8, 4) is 0 Å². The third-order valence-corrected chi connectivity index (χ3v) is 2.09. The summed E-state index contributed by atoms with van der Waals surface area (Å²) in [5.41, 5.74) is 0. The van der Waals surface area contributed by atoms with Crippen molar-refractivity contribution in [1.82, 2.24) is 0 Å². The van der Waals surface area contributed by atoms with Crippen LogP contribution in [0.5, 0.6) is 0 Å². The van der Waals surface area contributed by atoms with Gasteiger partial charge in [0.15, 0.2) is 0 Å². The minimum atomic E-state index is -0.329. The zero-order valence-electron chi connectivity index (χ0n) is 7.34. The number of carbonyl (C=O) groups excluding carboxylic acids is 1. The maximum absolute atomic E-state index is 9.75. The van der Waals surface area contributed by atoms with E-state index in [4.69, 9.17) is 4.43 Å². The molecular weight excluding hydrogens is 172 g/mol. The van der Waals surface area contributed by atoms with Gasteiger partial charge in [-0.2, -0.15) is 0 Å². The van der Waals surface area contributed by atoms with Crippen LogP contribution in [0, 0.1) is 0 Å². The van der Waals surface area contributed by atoms with Gasteiger partial charge in [0.05, 0.1) is 6.26 Å². The number of carbonyl (C=O) groups is 1. The fraction of sp³-hybridized carbons (Fsp3) is 0.625. The van der Waals surface area contributed by atoms with Crippen LogP contribution in [0.4, 0.5) is 0 Å². The molecule has 0 unspecified atom stereocenters. The van der Waals surface area contributed by atoms with Crippen LogP contribution in [0.15, 0.2) is 12.8 Å². The molecule has 2 radical (unpaired) electrons. The largest absolute Gasteiger partial charge is 0.435 e. The first kappa shape index (κ1) is 11.4. The maximum Gasteiger partial charge on any atom is 0.307 e. The Bertz CT molecular complexity index is 121. The molecule has 0 spiro atoms. The van der Waals surface area contributed by atoms with E-state index < -0.39 is 0 Å². The average Bonchev–Trinajstić information content (AvgIpc) is 2.08. The third-order valence-electron chi connectivity index (χ3n) is 1.13. The Kier molecular flexibility index (Phi) is 8.05. The standard InChI is InChI=1S/C4H6O2.C4H8OSi/c1-3-6-4(2)5;1-2-4-6-5-3-1/h3H,1H2,2H3;1-4H2. The monoisotopic (exact) mass is 186 g/mol. The number of hydrogen-bond donors (Lipinski definition) is 0. The van der Waals surface area contributed by atoms with E-state index in [1.165, 1.54) is 25.8 Å². The lowest BCUT2D eigenvalue weighted by Gasteiger charge is -2.06. The summed E-state index contributed by atoms with van der Waals surface area (Å²) >= 11 is 0. The van der Waals surface area contributed by atoms with Crippen molar-refractivity contribution in [3.63, 3.8) is 0 Å². The smallest absolute Gasteiger partial charge is 0.307 e. The lowest BCUT2D eigenvalue weighted by molar-refractivity contribution is -0.135. The van der Waals surface area contributed by atoms with Gasteiger partial charge < -0.3 is 9.16 Å². The van der Waals surface area contributed by atoms with Crippen LogP contribution < -0.4 is 0 Å². The van der Waals surface area contributed by atoms with Gasteiger partial charge in [-0.05, 0) is 12.5 Å². The fourth-order valence-corrected chi connectivity index (χ4v) is 1.46. The zero-order chi connectivity index (χ0) is 9.23. The first-order valence-corrected chi connectivity index (χ1v) is 5.01. The summed E-state index contributed by atoms with van der Waals surface area (Å²) in [7, 11) is 0.802. The highest BCUT2D eigenvalue weighted by Crippen LogP contribution is 2.01. The number of rotatable bonds is 1. The highest BCUT2D eigenvalue weighted by Gasteiger charge is 1.97. The highest BCUT2D eigenvalue weighted by molar-refractivity contribution is 6.27. The van der Waals surface area contributed by atoms with Crippen molar-refractivity contribution in [2.45, 2.75) is 25.8 Å². The maximum atomic E-state index is 9.75. The summed E-state index contributed by atoms with van der Waals surface area (Å²) < 4.78 is 9.26. The predicted molar refractivity (Wildman–Crippen MR) is 47.7 cm³/mol. The molecule has 1 fully saturated rings. The molecule has 12 heavy (non-hydrogen) atoms. The average molecular weight is 186 g/mol. The van der Waals surface area contributed by atoms with E-state index in [9.17, 15) is 4.79 Å². The van der Waals surface area contributed by atoms with E-state index in [2.05, 4.69) is 11.3 Å². The van der Waals surface area contributed by atoms with Crippen LogP contribution in [-0.4, -0.2) is 22.3 Å². The van der Waals surface area contributed by atoms with Crippen LogP contribution in [-0.2, 0) is 14.0 Å². The Labute approximate surface area is 75.7 Å². The molecule has 3 nitrogen and oxygen atoms in total. The van der Waals surface area contributed by atoms with Crippen molar-refractivity contribution in [1.29, 1.82) is 0 Å². The number of hydrogen-bond acceptors (Lipinski definition) is 3. The van der Waals surface area contributed by atoms with Crippen molar-refractivity contribution in [2.24, 2.45) is 0 Å². The van der Waals surface area contributed by atoms with E-state index in [0.717, 1.165) is 22.6 Å². The molecule has 0 aromatic carbocycles. The molecule has 0 bridgehead atoms. The van der Waals surface area contributed by atoms with E-state index in [1.807, 2.05) is 0 Å². The Hall–Kier alpha value is -0.613. The number of ether oxygens (including phenoxy) is 1. The SMILES string of the molecule is C1CC[Si]OC1.C=COC(C)=O. The molecule has 0 saturated carbocycles. The highest BCUT2D eigenvalue weighted by atomic mass is 28.2. The summed E-state index contributed by atoms with van der Waals surface area (Å²) in [4.78, 5) is 9.75. The van der Waals surface area contributed by atoms with Crippen LogP contribution >= 0.6 is 0 Å². The topological polar surface area (TPSA) is 35.5 Å². The predicted octanol–water partition coefficient (Wildman–Crippen LogP) is 1.53. The second-order valence-electron chi connectivity index (χ2n) is 2.23. The zero-order valence-corrected chi connectivity index (χ0v) is 8.34. The minimum Gasteiger partial charge on any atom is -0.435 e. The summed E-state index contributed by atoms with van der Waals surface area (Å²) in [6.45, 7) is 5.49. The van der Waals surface area contributed by atoms with Crippen LogP contribution in [0.3, 0.4) is 0 Å². The molecule has 0 aromatic rings. The third kappa shape index (κ3) is 9.39. The second-order valence-corrected chi connectivity index (χ2v) is 3.30. The first-order chi connectivity index (χ1) is 5.77. The molecule has 1 rings (SSSR count). The minimum absolute atomic E-state index is 0.329. The van der Waals surface area contributed by atoms with E-state index >= 15 is 0 Å². The molecule has 0 aliphatic carbocycles. The lowest BCUT2D eigenvalue weighted by Crippen LogP contribution is -2.06. The molecule has 0 amide bonds. The van der Waals surface area contributed by atoms with Gasteiger partial charge >= 0.3 is 5.97 Å². The molecule has 0 atom stereocenters. The molecule has 1 aliphatic heterocycles. The van der Waals surface area contributed by atoms with Crippen molar-refractivity contribution >= 4 is 15.7 Å². The Morgan fingerprint density at radius 2 is 2.42 bits per heavy atom. The Morgan fingerprint density at radius 3 is 2.50 bits per heavy atom. The van der Waals surface area contributed by atoms with Gasteiger partial charge in [0.25, 0.3) is 0 Å². The van der Waals surface area contributed by atoms with Gasteiger partial charge in [0.1, 0.15) is 0 Å². The van der Waals surface area contributed by atoms with Crippen LogP contribution in [0.1, 0.15) is 19.8 Å². The lowest BCUT2D eigenvalue weighted by atomic mass is 10.4. The summed E-state index contributed by atoms with van der Waals surface area (Å²) in [6, 6.07) is 1.31. The molecular formula is C8H14O3Si. The molecule has 1 heterocycles. The fourth-order valence-electron chi connectivity index (χ4n) is 0.633. The molecule has 4 heteroatoms. The molecule has 0 aromatic heterocycles. The molecule has 1 saturated heterocycles. The molecule has 1 aliphatic rings. The summed E-state index contributed by atoms with van der Waals surface area (Å²) in [5.74, 6) is -0.329. The number of esters is 1. The van der Waals surface area contributed by atoms with Gasteiger partial charge in [0.2, 0.25) is 9.76 Å². The van der Waals surface area contributed by atoms with Crippen LogP contribution in [0.2, 0.25) is 6.04 Å². The summed E-state index contributed by atoms with van der Waals surface area (Å²) in [5, 5.41) is 0. The van der Waals surface area contributed by atoms with E-state index in [0.29, 0.717) is 0 Å². The quantitative estimate of drug-likeness (QED) is 0.354. The Balaban J connectivity index is 0.000000202. The van der Waals surface area contributed by atoms with Gasteiger partial charge in [-0.25, -0.2) is 0 Å².